The van der Waals surface area contributed by atoms with Gasteiger partial charge >= 0.3 is 5.97 Å². The highest BCUT2D eigenvalue weighted by atomic mass is 35.5. The molecule has 1 heterocycles. The SMILES string of the molecule is CCC(=O)Oc1c(-c2ccc(Cl)cc2)oc2ccc(CC)cc2c1=O. The van der Waals surface area contributed by atoms with Crippen molar-refractivity contribution < 1.29 is 13.9 Å². The Labute approximate surface area is 150 Å². The lowest BCUT2D eigenvalue weighted by Gasteiger charge is -2.11. The minimum absolute atomic E-state index is 0.0880. The van der Waals surface area contributed by atoms with Crippen LogP contribution in [-0.2, 0) is 11.2 Å². The zero-order chi connectivity index (χ0) is 18.0. The standard InChI is InChI=1S/C20H17ClO4/c1-3-12-5-10-16-15(11-12)18(23)20(25-17(22)4-2)19(24-16)13-6-8-14(21)9-7-13/h5-11H,3-4H2,1-2H3. The van der Waals surface area contributed by atoms with E-state index < -0.39 is 5.97 Å². The molecule has 3 rings (SSSR count). The van der Waals surface area contributed by atoms with Crippen LogP contribution in [0.2, 0.25) is 5.02 Å². The highest BCUT2D eigenvalue weighted by Crippen LogP contribution is 2.32. The lowest BCUT2D eigenvalue weighted by molar-refractivity contribution is -0.134. The number of halogens is 1. The van der Waals surface area contributed by atoms with E-state index in [1.54, 1.807) is 43.3 Å². The van der Waals surface area contributed by atoms with Crippen molar-refractivity contribution >= 4 is 28.5 Å². The number of hydrogen-bond donors (Lipinski definition) is 0. The van der Waals surface area contributed by atoms with Gasteiger partial charge in [-0.05, 0) is 48.4 Å². The summed E-state index contributed by atoms with van der Waals surface area (Å²) in [4.78, 5) is 24.8. The summed E-state index contributed by atoms with van der Waals surface area (Å²) < 4.78 is 11.2. The number of esters is 1. The number of carbonyl (C=O) groups excluding carboxylic acids is 1. The van der Waals surface area contributed by atoms with E-state index >= 15 is 0 Å². The van der Waals surface area contributed by atoms with E-state index in [4.69, 9.17) is 20.8 Å². The molecule has 5 heteroatoms. The molecule has 0 radical (unpaired) electrons. The molecule has 0 saturated heterocycles. The number of rotatable bonds is 4. The zero-order valence-electron chi connectivity index (χ0n) is 14.0. The van der Waals surface area contributed by atoms with Crippen molar-refractivity contribution in [1.29, 1.82) is 0 Å². The Bertz CT molecular complexity index is 987. The van der Waals surface area contributed by atoms with Gasteiger partial charge in [-0.3, -0.25) is 9.59 Å². The third-order valence-corrected chi connectivity index (χ3v) is 4.18. The summed E-state index contributed by atoms with van der Waals surface area (Å²) >= 11 is 5.93. The summed E-state index contributed by atoms with van der Waals surface area (Å²) in [6, 6.07) is 12.3. The van der Waals surface area contributed by atoms with Gasteiger partial charge in [0.2, 0.25) is 11.2 Å². The molecule has 0 aliphatic rings. The fraction of sp³-hybridized carbons (Fsp3) is 0.200. The monoisotopic (exact) mass is 356 g/mol. The highest BCUT2D eigenvalue weighted by Gasteiger charge is 2.20. The molecule has 0 bridgehead atoms. The maximum absolute atomic E-state index is 12.9. The molecule has 0 unspecified atom stereocenters. The van der Waals surface area contributed by atoms with Crippen LogP contribution in [0.4, 0.5) is 0 Å². The predicted octanol–water partition coefficient (Wildman–Crippen LogP) is 4.99. The molecule has 0 N–H and O–H groups in total. The van der Waals surface area contributed by atoms with E-state index in [0.717, 1.165) is 12.0 Å². The third-order valence-electron chi connectivity index (χ3n) is 3.93. The smallest absolute Gasteiger partial charge is 0.311 e. The predicted molar refractivity (Wildman–Crippen MR) is 98.2 cm³/mol. The second-order valence-electron chi connectivity index (χ2n) is 5.61. The first kappa shape index (κ1) is 17.2. The van der Waals surface area contributed by atoms with Gasteiger partial charge in [-0.25, -0.2) is 0 Å². The van der Waals surface area contributed by atoms with E-state index in [1.165, 1.54) is 0 Å². The fourth-order valence-electron chi connectivity index (χ4n) is 2.52. The van der Waals surface area contributed by atoms with Crippen molar-refractivity contribution in [2.45, 2.75) is 26.7 Å². The molecule has 0 saturated carbocycles. The molecule has 0 amide bonds. The Morgan fingerprint density at radius 1 is 1.12 bits per heavy atom. The second kappa shape index (κ2) is 7.11. The molecule has 128 valence electrons. The van der Waals surface area contributed by atoms with E-state index in [2.05, 4.69) is 0 Å². The van der Waals surface area contributed by atoms with Gasteiger partial charge in [0.25, 0.3) is 0 Å². The molecule has 0 fully saturated rings. The van der Waals surface area contributed by atoms with Crippen LogP contribution in [0.1, 0.15) is 25.8 Å². The van der Waals surface area contributed by atoms with Crippen molar-refractivity contribution in [3.05, 3.63) is 63.3 Å². The first-order valence-electron chi connectivity index (χ1n) is 8.09. The minimum atomic E-state index is -0.492. The van der Waals surface area contributed by atoms with Crippen LogP contribution in [0.25, 0.3) is 22.3 Å². The Balaban J connectivity index is 2.29. The van der Waals surface area contributed by atoms with Gasteiger partial charge in [-0.2, -0.15) is 0 Å². The first-order valence-corrected chi connectivity index (χ1v) is 8.47. The van der Waals surface area contributed by atoms with Gasteiger partial charge < -0.3 is 9.15 Å². The molecule has 0 atom stereocenters. The van der Waals surface area contributed by atoms with E-state index in [-0.39, 0.29) is 23.4 Å². The zero-order valence-corrected chi connectivity index (χ0v) is 14.7. The number of ether oxygens (including phenoxy) is 1. The third kappa shape index (κ3) is 3.44. The molecule has 0 spiro atoms. The van der Waals surface area contributed by atoms with Crippen molar-refractivity contribution in [3.63, 3.8) is 0 Å². The maximum Gasteiger partial charge on any atom is 0.311 e. The Morgan fingerprint density at radius 2 is 1.84 bits per heavy atom. The summed E-state index contributed by atoms with van der Waals surface area (Å²) in [6.07, 6.45) is 0.949. The van der Waals surface area contributed by atoms with Gasteiger partial charge in [0, 0.05) is 17.0 Å². The molecule has 0 aliphatic heterocycles. The molecular weight excluding hydrogens is 340 g/mol. The Kier molecular flexibility index (Phi) is 4.91. The Morgan fingerprint density at radius 3 is 2.48 bits per heavy atom. The quantitative estimate of drug-likeness (QED) is 0.618. The summed E-state index contributed by atoms with van der Waals surface area (Å²) in [5.41, 5.74) is 1.71. The van der Waals surface area contributed by atoms with E-state index in [9.17, 15) is 9.59 Å². The highest BCUT2D eigenvalue weighted by molar-refractivity contribution is 6.30. The first-order chi connectivity index (χ1) is 12.0. The van der Waals surface area contributed by atoms with Crippen molar-refractivity contribution in [2.24, 2.45) is 0 Å². The summed E-state index contributed by atoms with van der Waals surface area (Å²) in [5.74, 6) is -0.358. The molecule has 0 aliphatic carbocycles. The van der Waals surface area contributed by atoms with E-state index in [1.807, 2.05) is 13.0 Å². The summed E-state index contributed by atoms with van der Waals surface area (Å²) in [6.45, 7) is 3.67. The molecule has 2 aromatic carbocycles. The van der Waals surface area contributed by atoms with Gasteiger partial charge in [-0.15, -0.1) is 0 Å². The number of benzene rings is 2. The lowest BCUT2D eigenvalue weighted by Crippen LogP contribution is -2.15. The molecule has 25 heavy (non-hydrogen) atoms. The van der Waals surface area contributed by atoms with E-state index in [0.29, 0.717) is 21.6 Å². The molecular formula is C20H17ClO4. The van der Waals surface area contributed by atoms with Crippen molar-refractivity contribution in [2.75, 3.05) is 0 Å². The number of hydrogen-bond acceptors (Lipinski definition) is 4. The van der Waals surface area contributed by atoms with Gasteiger partial charge in [-0.1, -0.05) is 31.5 Å². The average Bonchev–Trinajstić information content (AvgIpc) is 2.64. The van der Waals surface area contributed by atoms with Crippen LogP contribution in [0.5, 0.6) is 5.75 Å². The fourth-order valence-corrected chi connectivity index (χ4v) is 2.64. The number of fused-ring (bicyclic) bond motifs is 1. The second-order valence-corrected chi connectivity index (χ2v) is 6.04. The van der Waals surface area contributed by atoms with Crippen molar-refractivity contribution in [3.8, 4) is 17.1 Å². The van der Waals surface area contributed by atoms with Crippen LogP contribution in [0.3, 0.4) is 0 Å². The lowest BCUT2D eigenvalue weighted by atomic mass is 10.1. The number of carbonyl (C=O) groups is 1. The normalized spacial score (nSPS) is 10.8. The van der Waals surface area contributed by atoms with Crippen molar-refractivity contribution in [1.82, 2.24) is 0 Å². The maximum atomic E-state index is 12.9. The Hall–Kier alpha value is -2.59. The minimum Gasteiger partial charge on any atom is -0.452 e. The van der Waals surface area contributed by atoms with Gasteiger partial charge in [0.1, 0.15) is 5.58 Å². The van der Waals surface area contributed by atoms with Crippen LogP contribution in [0, 0.1) is 0 Å². The van der Waals surface area contributed by atoms with Gasteiger partial charge in [0.15, 0.2) is 5.76 Å². The van der Waals surface area contributed by atoms with Crippen LogP contribution < -0.4 is 10.2 Å². The van der Waals surface area contributed by atoms with Crippen LogP contribution in [0.15, 0.2) is 51.7 Å². The largest absolute Gasteiger partial charge is 0.452 e. The summed E-state index contributed by atoms with van der Waals surface area (Å²) in [5, 5.41) is 0.961. The molecule has 1 aromatic heterocycles. The van der Waals surface area contributed by atoms with Crippen LogP contribution >= 0.6 is 11.6 Å². The van der Waals surface area contributed by atoms with Crippen LogP contribution in [-0.4, -0.2) is 5.97 Å². The number of aryl methyl sites for hydroxylation is 1. The molecule has 4 nitrogen and oxygen atoms in total. The molecule has 3 aromatic rings. The average molecular weight is 357 g/mol. The topological polar surface area (TPSA) is 56.5 Å². The van der Waals surface area contributed by atoms with Gasteiger partial charge in [0.05, 0.1) is 5.39 Å². The summed E-state index contributed by atoms with van der Waals surface area (Å²) in [7, 11) is 0.